The molecule has 11 heavy (non-hydrogen) atoms. The van der Waals surface area contributed by atoms with E-state index >= 15 is 0 Å². The number of hydrogen-bond acceptors (Lipinski definition) is 2. The Hall–Kier alpha value is 0.137. The van der Waals surface area contributed by atoms with Crippen LogP contribution in [-0.4, -0.2) is 21.0 Å². The van der Waals surface area contributed by atoms with Gasteiger partial charge in [-0.25, -0.2) is 0 Å². The fraction of sp³-hybridized carbons (Fsp3) is 0.875. The summed E-state index contributed by atoms with van der Waals surface area (Å²) in [6.07, 6.45) is 2.31. The van der Waals surface area contributed by atoms with Gasteiger partial charge in [0.15, 0.2) is 14.9 Å². The van der Waals surface area contributed by atoms with Crippen LogP contribution in [0.5, 0.6) is 0 Å². The van der Waals surface area contributed by atoms with Crippen LogP contribution < -0.4 is 0 Å². The van der Waals surface area contributed by atoms with E-state index in [4.69, 9.17) is 9.16 Å². The Kier molecular flexibility index (Phi) is 3.10. The SMILES string of the molecule is C[Si](C)(C)OC1[C]OCCC1. The largest absolute Gasteiger partial charge is 0.412 e. The van der Waals surface area contributed by atoms with E-state index < -0.39 is 8.32 Å². The quantitative estimate of drug-likeness (QED) is 0.594. The molecule has 0 aromatic carbocycles. The second kappa shape index (κ2) is 3.69. The van der Waals surface area contributed by atoms with Crippen molar-refractivity contribution >= 4 is 8.32 Å². The van der Waals surface area contributed by atoms with Crippen LogP contribution in [0.1, 0.15) is 12.8 Å². The maximum atomic E-state index is 5.78. The van der Waals surface area contributed by atoms with E-state index in [1.54, 1.807) is 0 Å². The van der Waals surface area contributed by atoms with Crippen LogP contribution in [0.25, 0.3) is 0 Å². The third-order valence-corrected chi connectivity index (χ3v) is 2.41. The molecule has 2 nitrogen and oxygen atoms in total. The molecule has 1 aliphatic heterocycles. The maximum absolute atomic E-state index is 5.78. The Morgan fingerprint density at radius 2 is 2.18 bits per heavy atom. The van der Waals surface area contributed by atoms with Crippen molar-refractivity contribution < 1.29 is 9.16 Å². The van der Waals surface area contributed by atoms with E-state index in [9.17, 15) is 0 Å². The van der Waals surface area contributed by atoms with Crippen LogP contribution in [0, 0.1) is 6.61 Å². The number of hydrogen-bond donors (Lipinski definition) is 0. The van der Waals surface area contributed by atoms with Crippen LogP contribution in [0.3, 0.4) is 0 Å². The fourth-order valence-corrected chi connectivity index (χ4v) is 2.08. The molecule has 0 N–H and O–H groups in total. The van der Waals surface area contributed by atoms with Crippen molar-refractivity contribution in [3.05, 3.63) is 6.61 Å². The summed E-state index contributed by atoms with van der Waals surface area (Å²) in [5.41, 5.74) is 0. The van der Waals surface area contributed by atoms with Gasteiger partial charge in [-0.15, -0.1) is 0 Å². The first kappa shape index (κ1) is 9.23. The van der Waals surface area contributed by atoms with Gasteiger partial charge in [0.25, 0.3) is 0 Å². The van der Waals surface area contributed by atoms with Gasteiger partial charge in [0.2, 0.25) is 0 Å². The molecule has 0 saturated carbocycles. The molecule has 64 valence electrons. The first-order valence-electron chi connectivity index (χ1n) is 4.13. The van der Waals surface area contributed by atoms with Gasteiger partial charge in [0, 0.05) is 6.61 Å². The monoisotopic (exact) mass is 172 g/mol. The summed E-state index contributed by atoms with van der Waals surface area (Å²) in [6.45, 7) is 10.3. The molecule has 2 radical (unpaired) electrons. The van der Waals surface area contributed by atoms with Gasteiger partial charge in [0.05, 0.1) is 6.10 Å². The van der Waals surface area contributed by atoms with Gasteiger partial charge in [0.1, 0.15) is 0 Å². The lowest BCUT2D eigenvalue weighted by atomic mass is 10.2. The topological polar surface area (TPSA) is 18.5 Å². The average molecular weight is 172 g/mol. The highest BCUT2D eigenvalue weighted by atomic mass is 28.4. The highest BCUT2D eigenvalue weighted by molar-refractivity contribution is 6.69. The Morgan fingerprint density at radius 1 is 1.45 bits per heavy atom. The predicted octanol–water partition coefficient (Wildman–Crippen LogP) is 2.06. The molecule has 1 fully saturated rings. The van der Waals surface area contributed by atoms with E-state index in [-0.39, 0.29) is 6.10 Å². The summed E-state index contributed by atoms with van der Waals surface area (Å²) in [5.74, 6) is 0. The minimum Gasteiger partial charge on any atom is -0.412 e. The standard InChI is InChI=1S/C8H16O2Si/c1-11(2,3)10-8-5-4-6-9-7-8/h8H,4-6H2,1-3H3. The molecular weight excluding hydrogens is 156 g/mol. The third kappa shape index (κ3) is 3.89. The number of ether oxygens (including phenoxy) is 1. The van der Waals surface area contributed by atoms with E-state index in [1.165, 1.54) is 0 Å². The van der Waals surface area contributed by atoms with Gasteiger partial charge in [-0.1, -0.05) is 0 Å². The Morgan fingerprint density at radius 3 is 2.64 bits per heavy atom. The molecule has 3 heteroatoms. The van der Waals surface area contributed by atoms with Crippen LogP contribution >= 0.6 is 0 Å². The van der Waals surface area contributed by atoms with Gasteiger partial charge < -0.3 is 9.16 Å². The minimum atomic E-state index is -1.39. The van der Waals surface area contributed by atoms with E-state index in [0.29, 0.717) is 0 Å². The van der Waals surface area contributed by atoms with Crippen LogP contribution in [-0.2, 0) is 9.16 Å². The molecular formula is C8H16O2Si. The first-order chi connectivity index (χ1) is 5.08. The molecule has 1 unspecified atom stereocenters. The Bertz CT molecular complexity index is 114. The average Bonchev–Trinajstić information content (AvgIpc) is 1.85. The summed E-state index contributed by atoms with van der Waals surface area (Å²) in [6, 6.07) is 0. The molecule has 1 rings (SSSR count). The van der Waals surface area contributed by atoms with Crippen molar-refractivity contribution in [1.82, 2.24) is 0 Å². The van der Waals surface area contributed by atoms with Gasteiger partial charge >= 0.3 is 0 Å². The van der Waals surface area contributed by atoms with Crippen molar-refractivity contribution in [2.45, 2.75) is 38.6 Å². The Balaban J connectivity index is 2.24. The summed E-state index contributed by atoms with van der Waals surface area (Å²) in [5, 5.41) is 0. The highest BCUT2D eigenvalue weighted by Gasteiger charge is 2.23. The lowest BCUT2D eigenvalue weighted by Gasteiger charge is -2.27. The van der Waals surface area contributed by atoms with E-state index in [1.807, 2.05) is 0 Å². The van der Waals surface area contributed by atoms with Crippen LogP contribution in [0.2, 0.25) is 19.6 Å². The third-order valence-electron chi connectivity index (χ3n) is 1.42. The summed E-state index contributed by atoms with van der Waals surface area (Å²) < 4.78 is 10.9. The lowest BCUT2D eigenvalue weighted by molar-refractivity contribution is 0.0558. The first-order valence-corrected chi connectivity index (χ1v) is 7.54. The summed E-state index contributed by atoms with van der Waals surface area (Å²) >= 11 is 0. The fourth-order valence-electron chi connectivity index (χ4n) is 1.06. The van der Waals surface area contributed by atoms with Crippen molar-refractivity contribution in [1.29, 1.82) is 0 Å². The summed E-state index contributed by atoms with van der Waals surface area (Å²) in [7, 11) is -1.39. The Labute approximate surface area is 70.0 Å². The van der Waals surface area contributed by atoms with E-state index in [0.717, 1.165) is 19.4 Å². The molecule has 0 bridgehead atoms. The van der Waals surface area contributed by atoms with Crippen LogP contribution in [0.15, 0.2) is 0 Å². The molecule has 1 aliphatic rings. The lowest BCUT2D eigenvalue weighted by Crippen LogP contribution is -2.34. The zero-order chi connectivity index (χ0) is 8.32. The molecule has 0 spiro atoms. The maximum Gasteiger partial charge on any atom is 0.184 e. The molecule has 0 aromatic heterocycles. The van der Waals surface area contributed by atoms with Crippen molar-refractivity contribution in [3.8, 4) is 0 Å². The van der Waals surface area contributed by atoms with Gasteiger partial charge in [-0.05, 0) is 32.5 Å². The molecule has 0 aliphatic carbocycles. The van der Waals surface area contributed by atoms with Crippen molar-refractivity contribution in [2.24, 2.45) is 0 Å². The molecule has 0 amide bonds. The highest BCUT2D eigenvalue weighted by Crippen LogP contribution is 2.17. The molecule has 1 heterocycles. The van der Waals surface area contributed by atoms with Crippen molar-refractivity contribution in [3.63, 3.8) is 0 Å². The van der Waals surface area contributed by atoms with Gasteiger partial charge in [-0.2, -0.15) is 0 Å². The summed E-state index contributed by atoms with van der Waals surface area (Å²) in [4.78, 5) is 0. The van der Waals surface area contributed by atoms with Crippen molar-refractivity contribution in [2.75, 3.05) is 6.61 Å². The number of rotatable bonds is 2. The predicted molar refractivity (Wildman–Crippen MR) is 46.6 cm³/mol. The molecule has 1 saturated heterocycles. The second-order valence-electron chi connectivity index (χ2n) is 3.83. The smallest absolute Gasteiger partial charge is 0.184 e. The normalized spacial score (nSPS) is 27.0. The second-order valence-corrected chi connectivity index (χ2v) is 8.29. The zero-order valence-electron chi connectivity index (χ0n) is 7.52. The van der Waals surface area contributed by atoms with E-state index in [2.05, 4.69) is 26.2 Å². The van der Waals surface area contributed by atoms with Crippen LogP contribution in [0.4, 0.5) is 0 Å². The molecule has 0 aromatic rings. The minimum absolute atomic E-state index is 0.135. The zero-order valence-corrected chi connectivity index (χ0v) is 8.52. The molecule has 1 atom stereocenters. The van der Waals surface area contributed by atoms with Gasteiger partial charge in [-0.3, -0.25) is 0 Å².